The van der Waals surface area contributed by atoms with E-state index in [0.717, 1.165) is 36.4 Å². The number of nitrogens with zero attached hydrogens (tertiary/aromatic N) is 3. The van der Waals surface area contributed by atoms with Crippen LogP contribution < -0.4 is 4.90 Å². The maximum Gasteiger partial charge on any atom is 0.187 e. The van der Waals surface area contributed by atoms with E-state index in [-0.39, 0.29) is 12.1 Å². The molecule has 2 atom stereocenters. The van der Waals surface area contributed by atoms with Crippen LogP contribution in [0.1, 0.15) is 17.2 Å². The molecule has 1 aliphatic heterocycles. The van der Waals surface area contributed by atoms with Gasteiger partial charge in [0.25, 0.3) is 0 Å². The lowest BCUT2D eigenvalue weighted by Crippen LogP contribution is -2.56. The highest BCUT2D eigenvalue weighted by Gasteiger charge is 2.38. The fourth-order valence-corrected chi connectivity index (χ4v) is 5.11. The van der Waals surface area contributed by atoms with E-state index in [0.29, 0.717) is 27.4 Å². The Bertz CT molecular complexity index is 1130. The molecule has 33 heavy (non-hydrogen) atoms. The zero-order valence-electron chi connectivity index (χ0n) is 18.2. The van der Waals surface area contributed by atoms with Crippen molar-refractivity contribution in [3.63, 3.8) is 0 Å². The first-order chi connectivity index (χ1) is 16.0. The lowest BCUT2D eigenvalue weighted by Gasteiger charge is -2.49. The van der Waals surface area contributed by atoms with Gasteiger partial charge in [-0.2, -0.15) is 0 Å². The second-order valence-electron chi connectivity index (χ2n) is 8.06. The molecule has 3 aromatic carbocycles. The van der Waals surface area contributed by atoms with Crippen LogP contribution in [-0.2, 0) is 11.3 Å². The molecule has 0 bridgehead atoms. The predicted octanol–water partition coefficient (Wildman–Crippen LogP) is 7.28. The number of rotatable bonds is 6. The Hall–Kier alpha value is -2.26. The quantitative estimate of drug-likeness (QED) is 0.332. The second-order valence-corrected chi connectivity index (χ2v) is 9.34. The third kappa shape index (κ3) is 5.46. The van der Waals surface area contributed by atoms with Crippen LogP contribution in [0.2, 0.25) is 15.1 Å². The molecule has 1 saturated heterocycles. The van der Waals surface area contributed by atoms with E-state index in [1.807, 2.05) is 48.5 Å². The zero-order chi connectivity index (χ0) is 23.4. The van der Waals surface area contributed by atoms with Gasteiger partial charge in [0, 0.05) is 36.8 Å². The third-order valence-electron chi connectivity index (χ3n) is 6.02. The molecule has 0 spiro atoms. The number of benzene rings is 3. The molecule has 4 rings (SSSR count). The molecule has 1 heterocycles. The van der Waals surface area contributed by atoms with Gasteiger partial charge in [-0.25, -0.2) is 4.85 Å². The zero-order valence-corrected chi connectivity index (χ0v) is 20.5. The first kappa shape index (κ1) is 23.9. The molecule has 1 fully saturated rings. The molecule has 3 aromatic rings. The molecular formula is C26H24Cl3N3O. The smallest absolute Gasteiger partial charge is 0.187 e. The Labute approximate surface area is 210 Å². The van der Waals surface area contributed by atoms with Gasteiger partial charge in [0.15, 0.2) is 5.69 Å². The maximum absolute atomic E-state index is 7.19. The van der Waals surface area contributed by atoms with Crippen LogP contribution in [0.3, 0.4) is 0 Å². The highest BCUT2D eigenvalue weighted by atomic mass is 35.5. The fourth-order valence-electron chi connectivity index (χ4n) is 4.47. The van der Waals surface area contributed by atoms with Crippen molar-refractivity contribution in [1.82, 2.24) is 4.90 Å². The molecule has 0 N–H and O–H groups in total. The molecule has 1 aliphatic rings. The summed E-state index contributed by atoms with van der Waals surface area (Å²) in [6.07, 6.45) is 0. The highest BCUT2D eigenvalue weighted by Crippen LogP contribution is 2.40. The highest BCUT2D eigenvalue weighted by molar-refractivity contribution is 6.36. The Balaban J connectivity index is 1.72. The molecule has 0 aliphatic carbocycles. The van der Waals surface area contributed by atoms with Gasteiger partial charge in [-0.1, -0.05) is 71.2 Å². The fraction of sp³-hybridized carbons (Fsp3) is 0.269. The van der Waals surface area contributed by atoms with Crippen molar-refractivity contribution >= 4 is 46.2 Å². The Kier molecular flexibility index (Phi) is 7.80. The molecule has 7 heteroatoms. The van der Waals surface area contributed by atoms with Crippen LogP contribution >= 0.6 is 34.8 Å². The average molecular weight is 501 g/mol. The Morgan fingerprint density at radius 3 is 2.27 bits per heavy atom. The van der Waals surface area contributed by atoms with Gasteiger partial charge >= 0.3 is 0 Å². The number of methoxy groups -OCH3 is 1. The lowest BCUT2D eigenvalue weighted by atomic mass is 9.93. The van der Waals surface area contributed by atoms with Gasteiger partial charge in [0.2, 0.25) is 0 Å². The largest absolute Gasteiger partial charge is 0.383 e. The minimum absolute atomic E-state index is 0.00263. The van der Waals surface area contributed by atoms with Crippen LogP contribution in [0.4, 0.5) is 11.4 Å². The summed E-state index contributed by atoms with van der Waals surface area (Å²) in [5.74, 6) is 0. The number of ether oxygens (including phenoxy) is 1. The van der Waals surface area contributed by atoms with E-state index in [1.165, 1.54) is 0 Å². The van der Waals surface area contributed by atoms with Crippen LogP contribution in [0, 0.1) is 6.57 Å². The van der Waals surface area contributed by atoms with Gasteiger partial charge in [-0.05, 0) is 41.5 Å². The molecule has 170 valence electrons. The van der Waals surface area contributed by atoms with E-state index in [4.69, 9.17) is 46.1 Å². The third-order valence-corrected chi connectivity index (χ3v) is 6.81. The number of piperazine rings is 1. The molecule has 0 amide bonds. The minimum Gasteiger partial charge on any atom is -0.383 e. The summed E-state index contributed by atoms with van der Waals surface area (Å²) in [6, 6.07) is 21.5. The van der Waals surface area contributed by atoms with Gasteiger partial charge in [-0.3, -0.25) is 4.90 Å². The summed E-state index contributed by atoms with van der Waals surface area (Å²) in [4.78, 5) is 8.27. The number of hydrogen-bond acceptors (Lipinski definition) is 3. The van der Waals surface area contributed by atoms with Crippen molar-refractivity contribution in [2.45, 2.75) is 18.6 Å². The summed E-state index contributed by atoms with van der Waals surface area (Å²) in [5.41, 5.74) is 3.90. The number of halogens is 3. The van der Waals surface area contributed by atoms with E-state index in [1.54, 1.807) is 13.2 Å². The monoisotopic (exact) mass is 499 g/mol. The summed E-state index contributed by atoms with van der Waals surface area (Å²) >= 11 is 19.0. The lowest BCUT2D eigenvalue weighted by molar-refractivity contribution is 0.0527. The summed E-state index contributed by atoms with van der Waals surface area (Å²) in [5, 5.41) is 1.94. The van der Waals surface area contributed by atoms with Crippen molar-refractivity contribution < 1.29 is 4.74 Å². The minimum atomic E-state index is -0.00263. The predicted molar refractivity (Wildman–Crippen MR) is 137 cm³/mol. The average Bonchev–Trinajstić information content (AvgIpc) is 2.81. The second kappa shape index (κ2) is 10.8. The van der Waals surface area contributed by atoms with Crippen LogP contribution in [-0.4, -0.2) is 37.7 Å². The Morgan fingerprint density at radius 1 is 0.939 bits per heavy atom. The van der Waals surface area contributed by atoms with Gasteiger partial charge in [0.1, 0.15) is 0 Å². The standard InChI is InChI=1S/C26H24Cl3N3O/c1-30-22-10-3-18(4-11-22)16-31-13-14-32(24-12-9-21(28)15-23(24)29)26(25(31)17-33-2)19-5-7-20(27)8-6-19/h3-12,15,25-26H,13-14,16-17H2,2H3/t25-,26-/m0/s1. The van der Waals surface area contributed by atoms with Crippen LogP contribution in [0.15, 0.2) is 66.7 Å². The topological polar surface area (TPSA) is 20.1 Å². The van der Waals surface area contributed by atoms with E-state index in [9.17, 15) is 0 Å². The van der Waals surface area contributed by atoms with E-state index < -0.39 is 0 Å². The molecule has 0 radical (unpaired) electrons. The summed E-state index contributed by atoms with van der Waals surface area (Å²) in [6.45, 7) is 10.1. The molecule has 4 nitrogen and oxygen atoms in total. The van der Waals surface area contributed by atoms with Gasteiger partial charge < -0.3 is 9.64 Å². The van der Waals surface area contributed by atoms with Crippen molar-refractivity contribution in [3.05, 3.63) is 104 Å². The summed E-state index contributed by atoms with van der Waals surface area (Å²) in [7, 11) is 1.73. The molecule has 0 unspecified atom stereocenters. The molecular weight excluding hydrogens is 477 g/mol. The van der Waals surface area contributed by atoms with Crippen molar-refractivity contribution in [2.24, 2.45) is 0 Å². The number of hydrogen-bond donors (Lipinski definition) is 0. The van der Waals surface area contributed by atoms with Crippen molar-refractivity contribution in [2.75, 3.05) is 31.7 Å². The molecule has 0 saturated carbocycles. The summed E-state index contributed by atoms with van der Waals surface area (Å²) < 4.78 is 5.71. The van der Waals surface area contributed by atoms with Crippen LogP contribution in [0.25, 0.3) is 4.85 Å². The van der Waals surface area contributed by atoms with Crippen LogP contribution in [0.5, 0.6) is 0 Å². The van der Waals surface area contributed by atoms with Crippen molar-refractivity contribution in [3.8, 4) is 0 Å². The van der Waals surface area contributed by atoms with E-state index >= 15 is 0 Å². The SMILES string of the molecule is [C-]#[N+]c1ccc(CN2CCN(c3ccc(Cl)cc3Cl)[C@@H](c3ccc(Cl)cc3)[C@@H]2COC)cc1. The first-order valence-electron chi connectivity index (χ1n) is 10.7. The van der Waals surface area contributed by atoms with E-state index in [2.05, 4.69) is 26.8 Å². The Morgan fingerprint density at radius 2 is 1.64 bits per heavy atom. The van der Waals surface area contributed by atoms with Gasteiger partial charge in [-0.15, -0.1) is 0 Å². The number of anilines is 1. The first-order valence-corrected chi connectivity index (χ1v) is 11.8. The normalized spacial score (nSPS) is 18.8. The molecule has 0 aromatic heterocycles. The van der Waals surface area contributed by atoms with Crippen molar-refractivity contribution in [1.29, 1.82) is 0 Å². The van der Waals surface area contributed by atoms with Gasteiger partial charge in [0.05, 0.1) is 36.0 Å². The maximum atomic E-state index is 7.19.